The first-order valence-electron chi connectivity index (χ1n) is 8.55. The number of anilines is 1. The summed E-state index contributed by atoms with van der Waals surface area (Å²) in [4.78, 5) is 19.5. The smallest absolute Gasteiger partial charge is 0.269 e. The number of hydrogen-bond donors (Lipinski definition) is 1. The van der Waals surface area contributed by atoms with Crippen molar-refractivity contribution in [1.82, 2.24) is 9.97 Å². The average molecular weight is 346 g/mol. The molecule has 0 bridgehead atoms. The number of aryl methyl sites for hydroxylation is 2. The number of nitro benzene ring substituents is 1. The lowest BCUT2D eigenvalue weighted by Gasteiger charge is -2.16. The van der Waals surface area contributed by atoms with Crippen LogP contribution in [0.2, 0.25) is 0 Å². The number of nitro groups is 1. The fourth-order valence-electron chi connectivity index (χ4n) is 3.39. The van der Waals surface area contributed by atoms with Crippen LogP contribution >= 0.6 is 0 Å². The Morgan fingerprint density at radius 1 is 1.12 bits per heavy atom. The highest BCUT2D eigenvalue weighted by molar-refractivity contribution is 5.60. The van der Waals surface area contributed by atoms with Crippen molar-refractivity contribution < 1.29 is 4.92 Å². The molecule has 0 unspecified atom stereocenters. The van der Waals surface area contributed by atoms with Crippen LogP contribution in [0.3, 0.4) is 0 Å². The van der Waals surface area contributed by atoms with E-state index >= 15 is 0 Å². The van der Waals surface area contributed by atoms with Crippen molar-refractivity contribution in [2.24, 2.45) is 0 Å². The standard InChI is InChI=1S/C20H18N4O2/c1-13-12-19(22-18-11-8-14-4-2-3-5-17(14)18)23-20(21-13)15-6-9-16(10-7-15)24(25)26/h2-7,9-10,12,18H,8,11H2,1H3,(H,21,22,23)/t18-/m0/s1. The van der Waals surface area contributed by atoms with Crippen molar-refractivity contribution in [2.75, 3.05) is 5.32 Å². The Kier molecular flexibility index (Phi) is 4.08. The van der Waals surface area contributed by atoms with Gasteiger partial charge < -0.3 is 5.32 Å². The van der Waals surface area contributed by atoms with E-state index in [1.54, 1.807) is 12.1 Å². The van der Waals surface area contributed by atoms with Gasteiger partial charge in [-0.1, -0.05) is 24.3 Å². The van der Waals surface area contributed by atoms with E-state index in [1.165, 1.54) is 23.3 Å². The Balaban J connectivity index is 1.62. The van der Waals surface area contributed by atoms with Crippen molar-refractivity contribution >= 4 is 11.5 Å². The number of aromatic nitrogens is 2. The van der Waals surface area contributed by atoms with Gasteiger partial charge in [0.25, 0.3) is 5.69 Å². The lowest BCUT2D eigenvalue weighted by atomic mass is 10.1. The summed E-state index contributed by atoms with van der Waals surface area (Å²) in [5.41, 5.74) is 4.37. The van der Waals surface area contributed by atoms with Crippen LogP contribution in [0.25, 0.3) is 11.4 Å². The van der Waals surface area contributed by atoms with Crippen LogP contribution in [0.15, 0.2) is 54.6 Å². The summed E-state index contributed by atoms with van der Waals surface area (Å²) in [5.74, 6) is 1.33. The fourth-order valence-corrected chi connectivity index (χ4v) is 3.39. The topological polar surface area (TPSA) is 81.0 Å². The Morgan fingerprint density at radius 2 is 1.88 bits per heavy atom. The highest BCUT2D eigenvalue weighted by Gasteiger charge is 2.22. The maximum atomic E-state index is 10.8. The van der Waals surface area contributed by atoms with Gasteiger partial charge in [0.1, 0.15) is 5.82 Å². The lowest BCUT2D eigenvalue weighted by Crippen LogP contribution is -2.09. The van der Waals surface area contributed by atoms with Crippen molar-refractivity contribution in [3.8, 4) is 11.4 Å². The molecule has 0 amide bonds. The van der Waals surface area contributed by atoms with Crippen molar-refractivity contribution in [3.63, 3.8) is 0 Å². The molecule has 1 aliphatic carbocycles. The number of nitrogens with zero attached hydrogens (tertiary/aromatic N) is 3. The molecule has 0 fully saturated rings. The molecule has 1 aromatic heterocycles. The van der Waals surface area contributed by atoms with Gasteiger partial charge in [0.15, 0.2) is 5.82 Å². The second kappa shape index (κ2) is 6.55. The van der Waals surface area contributed by atoms with Crippen LogP contribution in [0.5, 0.6) is 0 Å². The van der Waals surface area contributed by atoms with E-state index in [9.17, 15) is 10.1 Å². The first-order chi connectivity index (χ1) is 12.6. The maximum absolute atomic E-state index is 10.8. The van der Waals surface area contributed by atoms with E-state index in [1.807, 2.05) is 13.0 Å². The Morgan fingerprint density at radius 3 is 2.65 bits per heavy atom. The second-order valence-electron chi connectivity index (χ2n) is 6.46. The maximum Gasteiger partial charge on any atom is 0.269 e. The monoisotopic (exact) mass is 346 g/mol. The van der Waals surface area contributed by atoms with Crippen LogP contribution in [0.1, 0.15) is 29.3 Å². The molecule has 3 aromatic rings. The van der Waals surface area contributed by atoms with Crippen LogP contribution in [-0.2, 0) is 6.42 Å². The van der Waals surface area contributed by atoms with Gasteiger partial charge in [-0.15, -0.1) is 0 Å². The predicted octanol–water partition coefficient (Wildman–Crippen LogP) is 4.46. The highest BCUT2D eigenvalue weighted by atomic mass is 16.6. The van der Waals surface area contributed by atoms with Gasteiger partial charge in [-0.2, -0.15) is 0 Å². The molecule has 130 valence electrons. The molecule has 1 heterocycles. The molecular weight excluding hydrogens is 328 g/mol. The first kappa shape index (κ1) is 16.2. The zero-order valence-electron chi connectivity index (χ0n) is 14.3. The minimum Gasteiger partial charge on any atom is -0.363 e. The molecule has 0 radical (unpaired) electrons. The minimum atomic E-state index is -0.411. The number of benzene rings is 2. The molecule has 6 heteroatoms. The zero-order valence-corrected chi connectivity index (χ0v) is 14.3. The molecular formula is C20H18N4O2. The predicted molar refractivity (Wildman–Crippen MR) is 100.0 cm³/mol. The number of hydrogen-bond acceptors (Lipinski definition) is 5. The van der Waals surface area contributed by atoms with Crippen LogP contribution < -0.4 is 5.32 Å². The second-order valence-corrected chi connectivity index (χ2v) is 6.46. The summed E-state index contributed by atoms with van der Waals surface area (Å²) in [7, 11) is 0. The summed E-state index contributed by atoms with van der Waals surface area (Å²) >= 11 is 0. The molecule has 4 rings (SSSR count). The molecule has 26 heavy (non-hydrogen) atoms. The quantitative estimate of drug-likeness (QED) is 0.557. The largest absolute Gasteiger partial charge is 0.363 e. The van der Waals surface area contributed by atoms with E-state index in [-0.39, 0.29) is 11.7 Å². The van der Waals surface area contributed by atoms with E-state index in [0.717, 1.165) is 29.9 Å². The van der Waals surface area contributed by atoms with Crippen LogP contribution in [-0.4, -0.2) is 14.9 Å². The van der Waals surface area contributed by atoms with Gasteiger partial charge in [0, 0.05) is 29.5 Å². The first-order valence-corrected chi connectivity index (χ1v) is 8.55. The summed E-state index contributed by atoms with van der Waals surface area (Å²) in [6, 6.07) is 16.9. The van der Waals surface area contributed by atoms with Crippen molar-refractivity contribution in [2.45, 2.75) is 25.8 Å². The van der Waals surface area contributed by atoms with Gasteiger partial charge in [-0.25, -0.2) is 9.97 Å². The Bertz CT molecular complexity index is 970. The molecule has 0 saturated heterocycles. The Labute approximate surface area is 151 Å². The minimum absolute atomic E-state index is 0.0577. The molecule has 0 aliphatic heterocycles. The molecule has 2 aromatic carbocycles. The van der Waals surface area contributed by atoms with E-state index in [0.29, 0.717) is 5.82 Å². The third kappa shape index (κ3) is 3.13. The molecule has 1 atom stereocenters. The van der Waals surface area contributed by atoms with Crippen molar-refractivity contribution in [1.29, 1.82) is 0 Å². The molecule has 1 N–H and O–H groups in total. The molecule has 6 nitrogen and oxygen atoms in total. The third-order valence-corrected chi connectivity index (χ3v) is 4.65. The Hall–Kier alpha value is -3.28. The average Bonchev–Trinajstić information content (AvgIpc) is 3.04. The summed E-state index contributed by atoms with van der Waals surface area (Å²) in [6.45, 7) is 1.92. The van der Waals surface area contributed by atoms with Crippen LogP contribution in [0.4, 0.5) is 11.5 Å². The summed E-state index contributed by atoms with van der Waals surface area (Å²) < 4.78 is 0. The molecule has 0 spiro atoms. The van der Waals surface area contributed by atoms with Gasteiger partial charge in [-0.3, -0.25) is 10.1 Å². The highest BCUT2D eigenvalue weighted by Crippen LogP contribution is 2.33. The lowest BCUT2D eigenvalue weighted by molar-refractivity contribution is -0.384. The molecule has 1 aliphatic rings. The zero-order chi connectivity index (χ0) is 18.1. The van der Waals surface area contributed by atoms with E-state index < -0.39 is 4.92 Å². The number of non-ortho nitro benzene ring substituents is 1. The SMILES string of the molecule is Cc1cc(N[C@H]2CCc3ccccc32)nc(-c2ccc([N+](=O)[O-])cc2)n1. The van der Waals surface area contributed by atoms with Gasteiger partial charge in [0.2, 0.25) is 0 Å². The van der Waals surface area contributed by atoms with Crippen LogP contribution in [0, 0.1) is 17.0 Å². The normalized spacial score (nSPS) is 15.5. The van der Waals surface area contributed by atoms with E-state index in [4.69, 9.17) is 0 Å². The number of rotatable bonds is 4. The summed E-state index contributed by atoms with van der Waals surface area (Å²) in [5, 5.41) is 14.3. The van der Waals surface area contributed by atoms with E-state index in [2.05, 4.69) is 39.6 Å². The van der Waals surface area contributed by atoms with Crippen molar-refractivity contribution in [3.05, 3.63) is 81.5 Å². The fraction of sp³-hybridized carbons (Fsp3) is 0.200. The third-order valence-electron chi connectivity index (χ3n) is 4.65. The summed E-state index contributed by atoms with van der Waals surface area (Å²) in [6.07, 6.45) is 2.10. The molecule has 0 saturated carbocycles. The van der Waals surface area contributed by atoms with Gasteiger partial charge >= 0.3 is 0 Å². The number of nitrogens with one attached hydrogen (secondary N) is 1. The van der Waals surface area contributed by atoms with Gasteiger partial charge in [-0.05, 0) is 43.0 Å². The number of fused-ring (bicyclic) bond motifs is 1. The van der Waals surface area contributed by atoms with Gasteiger partial charge in [0.05, 0.1) is 11.0 Å².